The van der Waals surface area contributed by atoms with Crippen LogP contribution in [0.4, 0.5) is 4.79 Å². The Morgan fingerprint density at radius 2 is 2.00 bits per heavy atom. The Bertz CT molecular complexity index is 132. The van der Waals surface area contributed by atoms with E-state index >= 15 is 0 Å². The van der Waals surface area contributed by atoms with Crippen LogP contribution in [-0.2, 0) is 9.47 Å². The van der Waals surface area contributed by atoms with Gasteiger partial charge in [0.15, 0.2) is 0 Å². The van der Waals surface area contributed by atoms with Gasteiger partial charge in [-0.15, -0.1) is 0 Å². The molecule has 0 amide bonds. The zero-order valence-electron chi connectivity index (χ0n) is 8.00. The maximum absolute atomic E-state index is 10.9. The van der Waals surface area contributed by atoms with Crippen molar-refractivity contribution in [3.05, 3.63) is 6.92 Å². The highest BCUT2D eigenvalue weighted by atomic mass is 16.7. The summed E-state index contributed by atoms with van der Waals surface area (Å²) in [6.45, 7) is 9.08. The van der Waals surface area contributed by atoms with Crippen LogP contribution in [0.5, 0.6) is 0 Å². The molecular weight excluding hydrogens is 156 g/mol. The fourth-order valence-electron chi connectivity index (χ4n) is 0.822. The number of ether oxygens (including phenoxy) is 2. The molecule has 0 saturated carbocycles. The summed E-state index contributed by atoms with van der Waals surface area (Å²) in [4.78, 5) is 10.9. The molecule has 0 N–H and O–H groups in total. The molecular formula is C9H17O3. The number of carbonyl (C=O) groups is 1. The summed E-state index contributed by atoms with van der Waals surface area (Å²) in [5.41, 5.74) is 0. The summed E-state index contributed by atoms with van der Waals surface area (Å²) in [7, 11) is 0. The molecule has 0 spiro atoms. The monoisotopic (exact) mass is 173 g/mol. The Hall–Kier alpha value is -0.730. The molecule has 3 nitrogen and oxygen atoms in total. The predicted octanol–water partition coefficient (Wildman–Crippen LogP) is 2.55. The summed E-state index contributed by atoms with van der Waals surface area (Å²) >= 11 is 0. The van der Waals surface area contributed by atoms with E-state index < -0.39 is 6.16 Å². The van der Waals surface area contributed by atoms with E-state index in [2.05, 4.69) is 6.92 Å². The fraction of sp³-hybridized carbons (Fsp3) is 0.778. The quantitative estimate of drug-likeness (QED) is 0.613. The molecule has 0 fully saturated rings. The van der Waals surface area contributed by atoms with Crippen molar-refractivity contribution < 1.29 is 14.3 Å². The van der Waals surface area contributed by atoms with Crippen LogP contribution >= 0.6 is 0 Å². The SMILES string of the molecule is [CH2][C@@H](C)OC(=O)OC(C)CCC. The normalized spacial score (nSPS) is 12.8. The lowest BCUT2D eigenvalue weighted by atomic mass is 10.2. The Kier molecular flexibility index (Phi) is 5.51. The first kappa shape index (κ1) is 11.3. The minimum absolute atomic E-state index is 0.0683. The zero-order valence-corrected chi connectivity index (χ0v) is 8.00. The molecule has 0 bridgehead atoms. The number of rotatable bonds is 4. The van der Waals surface area contributed by atoms with E-state index in [4.69, 9.17) is 9.47 Å². The van der Waals surface area contributed by atoms with Gasteiger partial charge < -0.3 is 9.47 Å². The van der Waals surface area contributed by atoms with Gasteiger partial charge in [-0.2, -0.15) is 0 Å². The van der Waals surface area contributed by atoms with Gasteiger partial charge in [-0.3, -0.25) is 0 Å². The van der Waals surface area contributed by atoms with Gasteiger partial charge >= 0.3 is 6.16 Å². The largest absolute Gasteiger partial charge is 0.508 e. The van der Waals surface area contributed by atoms with Gasteiger partial charge in [-0.25, -0.2) is 4.79 Å². The third kappa shape index (κ3) is 6.01. The van der Waals surface area contributed by atoms with Crippen LogP contribution in [0.3, 0.4) is 0 Å². The van der Waals surface area contributed by atoms with E-state index in [9.17, 15) is 4.79 Å². The molecule has 0 aromatic carbocycles. The van der Waals surface area contributed by atoms with Crippen molar-refractivity contribution >= 4 is 6.16 Å². The minimum atomic E-state index is -0.626. The van der Waals surface area contributed by atoms with Crippen LogP contribution in [-0.4, -0.2) is 18.4 Å². The molecule has 12 heavy (non-hydrogen) atoms. The molecule has 1 unspecified atom stereocenters. The molecule has 71 valence electrons. The van der Waals surface area contributed by atoms with Gasteiger partial charge in [0.2, 0.25) is 0 Å². The standard InChI is InChI=1S/C9H17O3/c1-5-6-8(4)12-9(10)11-7(2)3/h7-8H,2,5-6H2,1,3-4H3/t7-,8?/m0/s1. The summed E-state index contributed by atoms with van der Waals surface area (Å²) in [5.74, 6) is 0. The second-order valence-corrected chi connectivity index (χ2v) is 2.90. The first-order valence-electron chi connectivity index (χ1n) is 4.26. The molecule has 2 atom stereocenters. The fourth-order valence-corrected chi connectivity index (χ4v) is 0.822. The molecule has 0 aromatic rings. The number of hydrogen-bond donors (Lipinski definition) is 0. The Morgan fingerprint density at radius 1 is 1.42 bits per heavy atom. The maximum atomic E-state index is 10.9. The number of hydrogen-bond acceptors (Lipinski definition) is 3. The van der Waals surface area contributed by atoms with E-state index in [1.165, 1.54) is 0 Å². The van der Waals surface area contributed by atoms with Gasteiger partial charge in [0.05, 0.1) is 0 Å². The van der Waals surface area contributed by atoms with Crippen molar-refractivity contribution in [3.63, 3.8) is 0 Å². The molecule has 3 heteroatoms. The van der Waals surface area contributed by atoms with Gasteiger partial charge in [-0.05, 0) is 27.2 Å². The lowest BCUT2D eigenvalue weighted by molar-refractivity contribution is 0.0152. The van der Waals surface area contributed by atoms with Gasteiger partial charge in [0.25, 0.3) is 0 Å². The van der Waals surface area contributed by atoms with E-state index in [1.807, 2.05) is 13.8 Å². The first-order chi connectivity index (χ1) is 5.56. The van der Waals surface area contributed by atoms with Crippen molar-refractivity contribution in [2.24, 2.45) is 0 Å². The van der Waals surface area contributed by atoms with E-state index in [0.29, 0.717) is 0 Å². The molecule has 1 radical (unpaired) electrons. The second-order valence-electron chi connectivity index (χ2n) is 2.90. The molecule has 0 aromatic heterocycles. The Morgan fingerprint density at radius 3 is 2.42 bits per heavy atom. The second kappa shape index (κ2) is 5.86. The highest BCUT2D eigenvalue weighted by Gasteiger charge is 2.10. The molecule has 0 heterocycles. The van der Waals surface area contributed by atoms with Crippen molar-refractivity contribution in [2.75, 3.05) is 0 Å². The first-order valence-corrected chi connectivity index (χ1v) is 4.26. The lowest BCUT2D eigenvalue weighted by Crippen LogP contribution is -2.18. The van der Waals surface area contributed by atoms with Crippen molar-refractivity contribution in [1.29, 1.82) is 0 Å². The Balaban J connectivity index is 3.54. The number of carbonyl (C=O) groups excluding carboxylic acids is 1. The highest BCUT2D eigenvalue weighted by Crippen LogP contribution is 2.03. The maximum Gasteiger partial charge on any atom is 0.508 e. The van der Waals surface area contributed by atoms with Crippen LogP contribution in [0.15, 0.2) is 0 Å². The van der Waals surface area contributed by atoms with Crippen molar-refractivity contribution in [3.8, 4) is 0 Å². The van der Waals surface area contributed by atoms with Gasteiger partial charge in [0.1, 0.15) is 12.2 Å². The van der Waals surface area contributed by atoms with E-state index in [1.54, 1.807) is 6.92 Å². The van der Waals surface area contributed by atoms with Crippen molar-refractivity contribution in [1.82, 2.24) is 0 Å². The summed E-state index contributed by atoms with van der Waals surface area (Å²) in [6.07, 6.45) is 0.806. The Labute approximate surface area is 74.0 Å². The minimum Gasteiger partial charge on any atom is -0.431 e. The highest BCUT2D eigenvalue weighted by molar-refractivity contribution is 5.60. The van der Waals surface area contributed by atoms with Crippen LogP contribution < -0.4 is 0 Å². The topological polar surface area (TPSA) is 35.5 Å². The molecule has 0 rings (SSSR count). The lowest BCUT2D eigenvalue weighted by Gasteiger charge is -2.13. The van der Waals surface area contributed by atoms with Crippen LogP contribution in [0.25, 0.3) is 0 Å². The third-order valence-electron chi connectivity index (χ3n) is 1.29. The molecule has 0 aliphatic heterocycles. The smallest absolute Gasteiger partial charge is 0.431 e. The average Bonchev–Trinajstić information content (AvgIpc) is 1.84. The summed E-state index contributed by atoms with van der Waals surface area (Å²) < 4.78 is 9.60. The van der Waals surface area contributed by atoms with Crippen LogP contribution in [0.2, 0.25) is 0 Å². The average molecular weight is 173 g/mol. The van der Waals surface area contributed by atoms with Gasteiger partial charge in [0, 0.05) is 0 Å². The van der Waals surface area contributed by atoms with E-state index in [0.717, 1.165) is 12.8 Å². The molecule has 0 saturated heterocycles. The summed E-state index contributed by atoms with van der Waals surface area (Å²) in [5, 5.41) is 0. The van der Waals surface area contributed by atoms with Crippen LogP contribution in [0, 0.1) is 6.92 Å². The zero-order chi connectivity index (χ0) is 9.56. The van der Waals surface area contributed by atoms with Crippen molar-refractivity contribution in [2.45, 2.75) is 45.8 Å². The summed E-state index contributed by atoms with van der Waals surface area (Å²) in [6, 6.07) is 0. The van der Waals surface area contributed by atoms with Gasteiger partial charge in [-0.1, -0.05) is 13.3 Å². The van der Waals surface area contributed by atoms with Crippen LogP contribution in [0.1, 0.15) is 33.6 Å². The molecule has 0 aliphatic carbocycles. The van der Waals surface area contributed by atoms with E-state index in [-0.39, 0.29) is 12.2 Å². The molecule has 0 aliphatic rings. The predicted molar refractivity (Wildman–Crippen MR) is 46.8 cm³/mol. The third-order valence-corrected chi connectivity index (χ3v) is 1.29.